The summed E-state index contributed by atoms with van der Waals surface area (Å²) in [6, 6.07) is 14.3. The molecule has 2 rings (SSSR count). The van der Waals surface area contributed by atoms with E-state index in [0.717, 1.165) is 17.0 Å². The van der Waals surface area contributed by atoms with Crippen molar-refractivity contribution in [2.75, 3.05) is 18.0 Å². The van der Waals surface area contributed by atoms with Crippen LogP contribution >= 0.6 is 24.2 Å². The number of hydrogen-bond acceptors (Lipinski definition) is 3. The minimum Gasteiger partial charge on any atom is -0.399 e. The molecule has 1 amide bonds. The third-order valence-corrected chi connectivity index (χ3v) is 4.47. The van der Waals surface area contributed by atoms with Crippen LogP contribution in [-0.2, 0) is 17.0 Å². The molecule has 0 spiro atoms. The Kier molecular flexibility index (Phi) is 9.27. The predicted octanol–water partition coefficient (Wildman–Crippen LogP) is 3.81. The predicted molar refractivity (Wildman–Crippen MR) is 102 cm³/mol. The number of thioether (sulfide) groups is 1. The van der Waals surface area contributed by atoms with Gasteiger partial charge in [0.1, 0.15) is 5.82 Å². The molecule has 6 heteroatoms. The topological polar surface area (TPSA) is 55.1 Å². The summed E-state index contributed by atoms with van der Waals surface area (Å²) in [5.41, 5.74) is 8.27. The van der Waals surface area contributed by atoms with E-state index < -0.39 is 0 Å². The first-order valence-corrected chi connectivity index (χ1v) is 8.73. The summed E-state index contributed by atoms with van der Waals surface area (Å²) in [5.74, 6) is 1.21. The highest BCUT2D eigenvalue weighted by molar-refractivity contribution is 7.98. The Morgan fingerprint density at radius 3 is 2.46 bits per heavy atom. The molecule has 0 aliphatic rings. The number of benzene rings is 2. The Hall–Kier alpha value is -1.72. The van der Waals surface area contributed by atoms with Gasteiger partial charge in [0.05, 0.1) is 0 Å². The number of aryl methyl sites for hydroxylation is 1. The first-order chi connectivity index (χ1) is 11.2. The number of nitrogen functional groups attached to an aromatic ring is 1. The second kappa shape index (κ2) is 10.9. The van der Waals surface area contributed by atoms with Gasteiger partial charge in [0.25, 0.3) is 0 Å². The van der Waals surface area contributed by atoms with Gasteiger partial charge in [0, 0.05) is 30.2 Å². The highest BCUT2D eigenvalue weighted by Crippen LogP contribution is 2.15. The van der Waals surface area contributed by atoms with Crippen molar-refractivity contribution in [2.24, 2.45) is 0 Å². The monoisotopic (exact) mass is 368 g/mol. The van der Waals surface area contributed by atoms with Crippen LogP contribution in [0.4, 0.5) is 10.1 Å². The van der Waals surface area contributed by atoms with Gasteiger partial charge in [-0.1, -0.05) is 36.4 Å². The van der Waals surface area contributed by atoms with E-state index in [1.54, 1.807) is 23.9 Å². The second-order valence-electron chi connectivity index (χ2n) is 5.19. The number of nitrogens with two attached hydrogens (primary N) is 1. The van der Waals surface area contributed by atoms with Crippen molar-refractivity contribution in [1.82, 2.24) is 5.32 Å². The number of carbonyl (C=O) groups excluding carboxylic acids is 1. The maximum atomic E-state index is 13.4. The SMILES string of the molecule is Cl.Nc1ccccc1CCC(=O)NCCSCc1ccccc1F. The molecule has 0 aliphatic heterocycles. The molecule has 0 atom stereocenters. The Morgan fingerprint density at radius 1 is 1.08 bits per heavy atom. The molecule has 130 valence electrons. The molecule has 0 heterocycles. The van der Waals surface area contributed by atoms with Crippen molar-refractivity contribution < 1.29 is 9.18 Å². The molecule has 24 heavy (non-hydrogen) atoms. The number of hydrogen-bond donors (Lipinski definition) is 2. The zero-order valence-electron chi connectivity index (χ0n) is 13.3. The van der Waals surface area contributed by atoms with Crippen LogP contribution in [0.1, 0.15) is 17.5 Å². The third-order valence-electron chi connectivity index (χ3n) is 3.46. The number of carbonyl (C=O) groups is 1. The van der Waals surface area contributed by atoms with E-state index in [1.165, 1.54) is 6.07 Å². The molecular formula is C18H22ClFN2OS. The van der Waals surface area contributed by atoms with E-state index in [9.17, 15) is 9.18 Å². The number of para-hydroxylation sites is 1. The molecule has 0 aliphatic carbocycles. The van der Waals surface area contributed by atoms with E-state index >= 15 is 0 Å². The molecule has 0 aromatic heterocycles. The zero-order chi connectivity index (χ0) is 16.5. The number of nitrogens with one attached hydrogen (secondary N) is 1. The minimum atomic E-state index is -0.176. The van der Waals surface area contributed by atoms with Gasteiger partial charge in [-0.3, -0.25) is 4.79 Å². The van der Waals surface area contributed by atoms with Crippen molar-refractivity contribution in [2.45, 2.75) is 18.6 Å². The number of rotatable bonds is 8. The molecule has 3 nitrogen and oxygen atoms in total. The largest absolute Gasteiger partial charge is 0.399 e. The maximum absolute atomic E-state index is 13.4. The van der Waals surface area contributed by atoms with Crippen molar-refractivity contribution in [3.05, 3.63) is 65.5 Å². The second-order valence-corrected chi connectivity index (χ2v) is 6.30. The lowest BCUT2D eigenvalue weighted by atomic mass is 10.1. The van der Waals surface area contributed by atoms with E-state index in [-0.39, 0.29) is 24.1 Å². The molecule has 0 saturated carbocycles. The van der Waals surface area contributed by atoms with Crippen LogP contribution in [0.25, 0.3) is 0 Å². The average molecular weight is 369 g/mol. The lowest BCUT2D eigenvalue weighted by Gasteiger charge is -2.07. The van der Waals surface area contributed by atoms with Crippen LogP contribution < -0.4 is 11.1 Å². The molecule has 0 unspecified atom stereocenters. The Morgan fingerprint density at radius 2 is 1.75 bits per heavy atom. The van der Waals surface area contributed by atoms with Crippen LogP contribution in [0.2, 0.25) is 0 Å². The highest BCUT2D eigenvalue weighted by atomic mass is 35.5. The zero-order valence-corrected chi connectivity index (χ0v) is 15.0. The standard InChI is InChI=1S/C18H21FN2OS.ClH/c19-16-7-3-1-6-15(16)13-23-12-11-21-18(22)10-9-14-5-2-4-8-17(14)20;/h1-8H,9-13,20H2,(H,21,22);1H. The fourth-order valence-corrected chi connectivity index (χ4v) is 3.00. The van der Waals surface area contributed by atoms with Gasteiger partial charge in [-0.25, -0.2) is 4.39 Å². The summed E-state index contributed by atoms with van der Waals surface area (Å²) in [6.07, 6.45) is 1.06. The number of amides is 1. The molecular weight excluding hydrogens is 347 g/mol. The number of anilines is 1. The van der Waals surface area contributed by atoms with Crippen molar-refractivity contribution >= 4 is 35.8 Å². The summed E-state index contributed by atoms with van der Waals surface area (Å²) in [4.78, 5) is 11.8. The molecule has 0 fully saturated rings. The summed E-state index contributed by atoms with van der Waals surface area (Å²) in [5, 5.41) is 2.88. The van der Waals surface area contributed by atoms with Gasteiger partial charge < -0.3 is 11.1 Å². The van der Waals surface area contributed by atoms with Crippen LogP contribution in [0.5, 0.6) is 0 Å². The molecule has 2 aromatic carbocycles. The van der Waals surface area contributed by atoms with Crippen LogP contribution in [0.15, 0.2) is 48.5 Å². The minimum absolute atomic E-state index is 0. The fourth-order valence-electron chi connectivity index (χ4n) is 2.16. The smallest absolute Gasteiger partial charge is 0.220 e. The van der Waals surface area contributed by atoms with Gasteiger partial charge in [-0.2, -0.15) is 11.8 Å². The van der Waals surface area contributed by atoms with E-state index in [0.29, 0.717) is 30.7 Å². The fraction of sp³-hybridized carbons (Fsp3) is 0.278. The normalized spacial score (nSPS) is 10.0. The van der Waals surface area contributed by atoms with Crippen molar-refractivity contribution in [3.8, 4) is 0 Å². The van der Waals surface area contributed by atoms with Crippen LogP contribution in [0, 0.1) is 5.82 Å². The molecule has 0 bridgehead atoms. The summed E-state index contributed by atoms with van der Waals surface area (Å²) >= 11 is 1.60. The van der Waals surface area contributed by atoms with E-state index in [1.807, 2.05) is 30.3 Å². The number of halogens is 2. The molecule has 0 saturated heterocycles. The van der Waals surface area contributed by atoms with Gasteiger partial charge >= 0.3 is 0 Å². The molecule has 3 N–H and O–H groups in total. The summed E-state index contributed by atoms with van der Waals surface area (Å²) < 4.78 is 13.4. The van der Waals surface area contributed by atoms with Crippen LogP contribution in [-0.4, -0.2) is 18.2 Å². The Balaban J connectivity index is 0.00000288. The summed E-state index contributed by atoms with van der Waals surface area (Å²) in [7, 11) is 0. The van der Waals surface area contributed by atoms with Crippen molar-refractivity contribution in [1.29, 1.82) is 0 Å². The van der Waals surface area contributed by atoms with Gasteiger partial charge in [0.15, 0.2) is 0 Å². The summed E-state index contributed by atoms with van der Waals surface area (Å²) in [6.45, 7) is 0.586. The van der Waals surface area contributed by atoms with Crippen LogP contribution in [0.3, 0.4) is 0 Å². The Bertz CT molecular complexity index is 654. The van der Waals surface area contributed by atoms with Gasteiger partial charge in [-0.05, 0) is 29.7 Å². The highest BCUT2D eigenvalue weighted by Gasteiger charge is 2.04. The molecule has 2 aromatic rings. The Labute approximate surface area is 152 Å². The third kappa shape index (κ3) is 6.81. The first kappa shape index (κ1) is 20.3. The maximum Gasteiger partial charge on any atom is 0.220 e. The average Bonchev–Trinajstić information content (AvgIpc) is 2.55. The quantitative estimate of drug-likeness (QED) is 0.550. The van der Waals surface area contributed by atoms with Gasteiger partial charge in [0.2, 0.25) is 5.91 Å². The van der Waals surface area contributed by atoms with Gasteiger partial charge in [-0.15, -0.1) is 12.4 Å². The first-order valence-electron chi connectivity index (χ1n) is 7.58. The van der Waals surface area contributed by atoms with Crippen molar-refractivity contribution in [3.63, 3.8) is 0 Å². The van der Waals surface area contributed by atoms with E-state index in [4.69, 9.17) is 5.73 Å². The van der Waals surface area contributed by atoms with E-state index in [2.05, 4.69) is 5.32 Å². The lowest BCUT2D eigenvalue weighted by Crippen LogP contribution is -2.26. The lowest BCUT2D eigenvalue weighted by molar-refractivity contribution is -0.120. The molecule has 0 radical (unpaired) electrons.